The second kappa shape index (κ2) is 22.3. The molecule has 0 aromatic carbocycles. The van der Waals surface area contributed by atoms with Crippen molar-refractivity contribution in [3.63, 3.8) is 0 Å². The summed E-state index contributed by atoms with van der Waals surface area (Å²) in [5.74, 6) is -6.00. The number of amides is 6. The van der Waals surface area contributed by atoms with E-state index in [1.807, 2.05) is 27.7 Å². The van der Waals surface area contributed by atoms with Crippen molar-refractivity contribution in [2.45, 2.75) is 102 Å². The number of aliphatic hydroxyl groups excluding tert-OH is 2. The smallest absolute Gasteiger partial charge is 0.326 e. The van der Waals surface area contributed by atoms with Crippen molar-refractivity contribution in [2.24, 2.45) is 34.0 Å². The largest absolute Gasteiger partial charge is 0.480 e. The van der Waals surface area contributed by atoms with Gasteiger partial charge in [-0.05, 0) is 50.4 Å². The lowest BCUT2D eigenvalue weighted by atomic mass is 9.99. The number of aliphatic carboxylic acids is 1. The van der Waals surface area contributed by atoms with Gasteiger partial charge < -0.3 is 64.0 Å². The van der Waals surface area contributed by atoms with Gasteiger partial charge in [-0.2, -0.15) is 0 Å². The average Bonchev–Trinajstić information content (AvgIpc) is 3.55. The summed E-state index contributed by atoms with van der Waals surface area (Å²) in [7, 11) is 0. The topological polar surface area (TPSA) is 334 Å². The fraction of sp³-hybridized carbons (Fsp3) is 0.742. The van der Waals surface area contributed by atoms with Crippen LogP contribution in [0, 0.1) is 11.8 Å². The number of hydrogen-bond donors (Lipinski definition) is 11. The Morgan fingerprint density at radius 2 is 1.39 bits per heavy atom. The maximum absolute atomic E-state index is 13.6. The molecule has 0 bridgehead atoms. The number of nitrogens with zero attached hydrogens (tertiary/aromatic N) is 2. The van der Waals surface area contributed by atoms with Crippen LogP contribution in [-0.2, 0) is 33.6 Å². The summed E-state index contributed by atoms with van der Waals surface area (Å²) in [6.45, 7) is 5.56. The number of aliphatic imine (C=N–C) groups is 1. The summed E-state index contributed by atoms with van der Waals surface area (Å²) in [6.07, 6.45) is 1.33. The number of rotatable bonds is 22. The molecule has 20 nitrogen and oxygen atoms in total. The molecular formula is C31H56N10O10. The van der Waals surface area contributed by atoms with Crippen LogP contribution in [0.3, 0.4) is 0 Å². The van der Waals surface area contributed by atoms with Crippen molar-refractivity contribution in [3.05, 3.63) is 0 Å². The second-order valence-electron chi connectivity index (χ2n) is 13.2. The third-order valence-electron chi connectivity index (χ3n) is 7.85. The van der Waals surface area contributed by atoms with Crippen molar-refractivity contribution in [2.75, 3.05) is 32.8 Å². The zero-order chi connectivity index (χ0) is 38.8. The highest BCUT2D eigenvalue weighted by atomic mass is 16.4. The molecule has 1 saturated heterocycles. The normalized spacial score (nSPS) is 17.0. The summed E-state index contributed by atoms with van der Waals surface area (Å²) < 4.78 is 0. The number of nitrogens with two attached hydrogens (primary N) is 3. The number of carboxylic acids is 1. The van der Waals surface area contributed by atoms with Gasteiger partial charge in [-0.1, -0.05) is 27.7 Å². The van der Waals surface area contributed by atoms with Gasteiger partial charge in [0.2, 0.25) is 35.4 Å². The monoisotopic (exact) mass is 728 g/mol. The van der Waals surface area contributed by atoms with E-state index >= 15 is 0 Å². The fourth-order valence-electron chi connectivity index (χ4n) is 5.29. The van der Waals surface area contributed by atoms with E-state index in [1.54, 1.807) is 0 Å². The molecule has 1 aliphatic rings. The molecule has 1 heterocycles. The third kappa shape index (κ3) is 15.9. The van der Waals surface area contributed by atoms with Crippen molar-refractivity contribution in [1.82, 2.24) is 31.5 Å². The lowest BCUT2D eigenvalue weighted by Crippen LogP contribution is -2.59. The number of carboxylic acid groups (broad SMARTS) is 1. The molecule has 0 aliphatic carbocycles. The lowest BCUT2D eigenvalue weighted by molar-refractivity contribution is -0.143. The number of carbonyl (C=O) groups excluding carboxylic acids is 6. The SMILES string of the molecule is CC(C)C[C@H](NC(=O)[C@H](CC(C)C)NC(=O)[C@@H]1CCCN1C(=O)[C@H](CO)NC(=O)[C@@H](N)CO)C(=O)NCC(=O)N[C@@H](CCCN=C(N)N)C(=O)O. The van der Waals surface area contributed by atoms with Crippen LogP contribution in [0.2, 0.25) is 0 Å². The minimum Gasteiger partial charge on any atom is -0.480 e. The van der Waals surface area contributed by atoms with Crippen molar-refractivity contribution >= 4 is 47.4 Å². The Bertz CT molecular complexity index is 1240. The van der Waals surface area contributed by atoms with Gasteiger partial charge in [-0.3, -0.25) is 33.8 Å². The highest BCUT2D eigenvalue weighted by Crippen LogP contribution is 2.20. The quantitative estimate of drug-likeness (QED) is 0.0285. The maximum atomic E-state index is 13.6. The number of guanidine groups is 1. The summed E-state index contributed by atoms with van der Waals surface area (Å²) >= 11 is 0. The Labute approximate surface area is 297 Å². The number of nitrogens with one attached hydrogen (secondary N) is 5. The Kier molecular flexibility index (Phi) is 19.4. The number of likely N-dealkylation sites (tertiary alicyclic amines) is 1. The molecular weight excluding hydrogens is 672 g/mol. The van der Waals surface area contributed by atoms with Crippen LogP contribution in [0.15, 0.2) is 4.99 Å². The van der Waals surface area contributed by atoms with Gasteiger partial charge in [0.25, 0.3) is 0 Å². The molecule has 1 rings (SSSR count). The van der Waals surface area contributed by atoms with Gasteiger partial charge in [-0.15, -0.1) is 0 Å². The van der Waals surface area contributed by atoms with Crippen molar-refractivity contribution in [1.29, 1.82) is 0 Å². The predicted molar refractivity (Wildman–Crippen MR) is 184 cm³/mol. The van der Waals surface area contributed by atoms with E-state index < -0.39 is 97.4 Å². The minimum absolute atomic E-state index is 0.0332. The summed E-state index contributed by atoms with van der Waals surface area (Å²) in [5, 5.41) is 40.7. The van der Waals surface area contributed by atoms with E-state index in [0.717, 1.165) is 0 Å². The minimum atomic E-state index is -1.42. The average molecular weight is 729 g/mol. The second-order valence-corrected chi connectivity index (χ2v) is 13.2. The number of carbonyl (C=O) groups is 7. The highest BCUT2D eigenvalue weighted by Gasteiger charge is 2.39. The van der Waals surface area contributed by atoms with Crippen LogP contribution in [0.1, 0.15) is 66.2 Å². The molecule has 0 saturated carbocycles. The van der Waals surface area contributed by atoms with E-state index in [0.29, 0.717) is 6.42 Å². The molecule has 0 radical (unpaired) electrons. The van der Waals surface area contributed by atoms with Gasteiger partial charge >= 0.3 is 5.97 Å². The van der Waals surface area contributed by atoms with Crippen LogP contribution in [0.25, 0.3) is 0 Å². The number of hydrogen-bond acceptors (Lipinski definition) is 11. The zero-order valence-electron chi connectivity index (χ0n) is 29.7. The van der Waals surface area contributed by atoms with E-state index in [-0.39, 0.29) is 63.0 Å². The molecule has 51 heavy (non-hydrogen) atoms. The molecule has 1 fully saturated rings. The molecule has 290 valence electrons. The van der Waals surface area contributed by atoms with Gasteiger partial charge in [0.15, 0.2) is 5.96 Å². The molecule has 20 heteroatoms. The zero-order valence-corrected chi connectivity index (χ0v) is 29.7. The van der Waals surface area contributed by atoms with Crippen LogP contribution in [0.4, 0.5) is 0 Å². The molecule has 6 amide bonds. The van der Waals surface area contributed by atoms with Gasteiger partial charge in [-0.25, -0.2) is 4.79 Å². The third-order valence-corrected chi connectivity index (χ3v) is 7.85. The predicted octanol–water partition coefficient (Wildman–Crippen LogP) is -4.42. The van der Waals surface area contributed by atoms with Crippen molar-refractivity contribution < 1.29 is 48.9 Å². The van der Waals surface area contributed by atoms with Gasteiger partial charge in [0, 0.05) is 13.1 Å². The van der Waals surface area contributed by atoms with E-state index in [9.17, 15) is 43.8 Å². The molecule has 14 N–H and O–H groups in total. The first-order chi connectivity index (χ1) is 23.9. The van der Waals surface area contributed by atoms with E-state index in [4.69, 9.17) is 22.3 Å². The summed E-state index contributed by atoms with van der Waals surface area (Å²) in [6, 6.07) is -7.24. The van der Waals surface area contributed by atoms with Crippen LogP contribution in [0.5, 0.6) is 0 Å². The first-order valence-corrected chi connectivity index (χ1v) is 17.0. The molecule has 6 atom stereocenters. The molecule has 0 spiro atoms. The van der Waals surface area contributed by atoms with Gasteiger partial charge in [0.1, 0.15) is 36.3 Å². The van der Waals surface area contributed by atoms with Crippen LogP contribution >= 0.6 is 0 Å². The Hall–Kier alpha value is -4.56. The maximum Gasteiger partial charge on any atom is 0.326 e. The standard InChI is InChI=1S/C31H56N10O10/c1-16(2)11-20(26(46)36-13-24(44)37-19(30(50)51)7-5-9-35-31(33)34)38-27(47)21(12-17(3)4)39-28(48)23-8-6-10-41(23)29(49)22(15-43)40-25(45)18(32)14-42/h16-23,42-43H,5-15,32H2,1-4H3,(H,36,46)(H,37,44)(H,38,47)(H,39,48)(H,40,45)(H,50,51)(H4,33,34,35)/t18-,19-,20-,21-,22-,23-/m0/s1. The number of aliphatic hydroxyl groups is 2. The Balaban J connectivity index is 2.98. The molecule has 0 unspecified atom stereocenters. The molecule has 1 aliphatic heterocycles. The van der Waals surface area contributed by atoms with Gasteiger partial charge in [0.05, 0.1) is 19.8 Å². The van der Waals surface area contributed by atoms with Crippen LogP contribution in [-0.4, -0.2) is 137 Å². The Morgan fingerprint density at radius 1 is 0.804 bits per heavy atom. The Morgan fingerprint density at radius 3 is 1.92 bits per heavy atom. The first-order valence-electron chi connectivity index (χ1n) is 17.0. The lowest BCUT2D eigenvalue weighted by Gasteiger charge is -2.30. The molecule has 0 aromatic rings. The fourth-order valence-corrected chi connectivity index (χ4v) is 5.29. The summed E-state index contributed by atoms with van der Waals surface area (Å²) in [5.41, 5.74) is 16.0. The van der Waals surface area contributed by atoms with E-state index in [2.05, 4.69) is 31.6 Å². The molecule has 0 aromatic heterocycles. The summed E-state index contributed by atoms with van der Waals surface area (Å²) in [4.78, 5) is 94.6. The van der Waals surface area contributed by atoms with Crippen LogP contribution < -0.4 is 43.8 Å². The highest BCUT2D eigenvalue weighted by molar-refractivity contribution is 5.96. The first kappa shape index (κ1) is 44.5. The van der Waals surface area contributed by atoms with E-state index in [1.165, 1.54) is 4.90 Å². The van der Waals surface area contributed by atoms with Crippen molar-refractivity contribution in [3.8, 4) is 0 Å².